The molecular formula is C15H17N3O4. The Bertz CT molecular complexity index is 767. The minimum Gasteiger partial charge on any atom is -0.480 e. The number of H-pyrrole nitrogens is 1. The van der Waals surface area contributed by atoms with Crippen molar-refractivity contribution in [2.24, 2.45) is 5.92 Å². The van der Waals surface area contributed by atoms with Gasteiger partial charge in [-0.3, -0.25) is 9.59 Å². The van der Waals surface area contributed by atoms with Gasteiger partial charge in [0.1, 0.15) is 6.04 Å². The highest BCUT2D eigenvalue weighted by Crippen LogP contribution is 2.13. The van der Waals surface area contributed by atoms with E-state index >= 15 is 0 Å². The van der Waals surface area contributed by atoms with Gasteiger partial charge in [-0.15, -0.1) is 0 Å². The Labute approximate surface area is 126 Å². The first-order valence-corrected chi connectivity index (χ1v) is 6.91. The third-order valence-corrected chi connectivity index (χ3v) is 3.22. The predicted octanol–water partition coefficient (Wildman–Crippen LogP) is 1.15. The van der Waals surface area contributed by atoms with Crippen LogP contribution >= 0.6 is 0 Å². The van der Waals surface area contributed by atoms with Gasteiger partial charge in [0.25, 0.3) is 11.5 Å². The number of aliphatic carboxylic acids is 1. The van der Waals surface area contributed by atoms with Crippen LogP contribution in [0.4, 0.5) is 0 Å². The average molecular weight is 303 g/mol. The minimum absolute atomic E-state index is 0.00482. The Kier molecular flexibility index (Phi) is 4.55. The van der Waals surface area contributed by atoms with E-state index in [9.17, 15) is 19.5 Å². The van der Waals surface area contributed by atoms with Gasteiger partial charge >= 0.3 is 5.97 Å². The van der Waals surface area contributed by atoms with Crippen LogP contribution in [0, 0.1) is 5.92 Å². The fourth-order valence-electron chi connectivity index (χ4n) is 2.21. The zero-order chi connectivity index (χ0) is 16.3. The van der Waals surface area contributed by atoms with Gasteiger partial charge in [0.05, 0.1) is 5.39 Å². The van der Waals surface area contributed by atoms with E-state index in [1.807, 2.05) is 13.8 Å². The summed E-state index contributed by atoms with van der Waals surface area (Å²) in [6, 6.07) is 5.54. The van der Waals surface area contributed by atoms with Crippen molar-refractivity contribution >= 4 is 22.6 Å². The standard InChI is InChI=1S/C15H17N3O4/c1-8(2)7-11(15(21)22)16-14(20)12-9-5-3-4-6-10(9)13(19)18-17-12/h3-6,8,11H,7H2,1-2H3,(H,16,20)(H,18,19)(H,21,22). The molecule has 2 rings (SSSR count). The molecule has 0 aliphatic rings. The van der Waals surface area contributed by atoms with Crippen LogP contribution in [0.1, 0.15) is 30.8 Å². The Balaban J connectivity index is 2.36. The van der Waals surface area contributed by atoms with Gasteiger partial charge in [-0.2, -0.15) is 5.10 Å². The Morgan fingerprint density at radius 2 is 1.91 bits per heavy atom. The van der Waals surface area contributed by atoms with Gasteiger partial charge in [0.2, 0.25) is 0 Å². The highest BCUT2D eigenvalue weighted by molar-refractivity contribution is 6.05. The summed E-state index contributed by atoms with van der Waals surface area (Å²) in [5.74, 6) is -1.61. The molecule has 0 aliphatic carbocycles. The Hall–Kier alpha value is -2.70. The topological polar surface area (TPSA) is 112 Å². The fraction of sp³-hybridized carbons (Fsp3) is 0.333. The average Bonchev–Trinajstić information content (AvgIpc) is 2.46. The molecule has 0 saturated carbocycles. The highest BCUT2D eigenvalue weighted by atomic mass is 16.4. The smallest absolute Gasteiger partial charge is 0.326 e. The number of nitrogens with zero attached hydrogens (tertiary/aromatic N) is 1. The number of carbonyl (C=O) groups is 2. The second kappa shape index (κ2) is 6.38. The van der Waals surface area contributed by atoms with E-state index in [0.29, 0.717) is 17.2 Å². The normalized spacial score (nSPS) is 12.3. The van der Waals surface area contributed by atoms with Gasteiger partial charge in [0.15, 0.2) is 5.69 Å². The molecule has 0 bridgehead atoms. The van der Waals surface area contributed by atoms with Crippen LogP contribution in [-0.4, -0.2) is 33.2 Å². The summed E-state index contributed by atoms with van der Waals surface area (Å²) in [4.78, 5) is 35.2. The lowest BCUT2D eigenvalue weighted by molar-refractivity contribution is -0.139. The molecule has 1 atom stereocenters. The second-order valence-electron chi connectivity index (χ2n) is 5.44. The molecule has 2 aromatic rings. The Morgan fingerprint density at radius 1 is 1.27 bits per heavy atom. The summed E-state index contributed by atoms with van der Waals surface area (Å²) in [6.45, 7) is 3.74. The van der Waals surface area contributed by atoms with Gasteiger partial charge < -0.3 is 10.4 Å². The maximum Gasteiger partial charge on any atom is 0.326 e. The maximum atomic E-state index is 12.3. The van der Waals surface area contributed by atoms with Gasteiger partial charge in [0, 0.05) is 5.39 Å². The number of hydrogen-bond acceptors (Lipinski definition) is 4. The molecule has 116 valence electrons. The van der Waals surface area contributed by atoms with E-state index in [1.165, 1.54) is 0 Å². The molecule has 1 heterocycles. The molecule has 1 unspecified atom stereocenters. The first-order valence-electron chi connectivity index (χ1n) is 6.91. The highest BCUT2D eigenvalue weighted by Gasteiger charge is 2.23. The lowest BCUT2D eigenvalue weighted by Crippen LogP contribution is -2.42. The van der Waals surface area contributed by atoms with Crippen LogP contribution in [0.5, 0.6) is 0 Å². The summed E-state index contributed by atoms with van der Waals surface area (Å²) >= 11 is 0. The van der Waals surface area contributed by atoms with Crippen molar-refractivity contribution in [2.45, 2.75) is 26.3 Å². The number of carboxylic acids is 1. The largest absolute Gasteiger partial charge is 0.480 e. The summed E-state index contributed by atoms with van der Waals surface area (Å²) in [7, 11) is 0. The molecule has 0 spiro atoms. The molecular weight excluding hydrogens is 286 g/mol. The maximum absolute atomic E-state index is 12.3. The van der Waals surface area contributed by atoms with Crippen molar-refractivity contribution in [3.63, 3.8) is 0 Å². The number of benzene rings is 1. The summed E-state index contributed by atoms with van der Waals surface area (Å²) in [5, 5.41) is 18.4. The number of nitrogens with one attached hydrogen (secondary N) is 2. The number of rotatable bonds is 5. The quantitative estimate of drug-likeness (QED) is 0.767. The molecule has 0 aliphatic heterocycles. The molecule has 1 aromatic heterocycles. The number of aromatic amines is 1. The van der Waals surface area contributed by atoms with Crippen LogP contribution < -0.4 is 10.9 Å². The van der Waals surface area contributed by atoms with Crippen molar-refractivity contribution in [2.75, 3.05) is 0 Å². The first-order chi connectivity index (χ1) is 10.4. The van der Waals surface area contributed by atoms with Crippen molar-refractivity contribution in [1.82, 2.24) is 15.5 Å². The van der Waals surface area contributed by atoms with E-state index in [1.54, 1.807) is 24.3 Å². The summed E-state index contributed by atoms with van der Waals surface area (Å²) in [6.07, 6.45) is 0.308. The van der Waals surface area contributed by atoms with E-state index in [2.05, 4.69) is 15.5 Å². The fourth-order valence-corrected chi connectivity index (χ4v) is 2.21. The zero-order valence-corrected chi connectivity index (χ0v) is 12.3. The van der Waals surface area contributed by atoms with E-state index in [-0.39, 0.29) is 11.6 Å². The van der Waals surface area contributed by atoms with Crippen molar-refractivity contribution < 1.29 is 14.7 Å². The number of aromatic nitrogens is 2. The van der Waals surface area contributed by atoms with E-state index < -0.39 is 23.5 Å². The van der Waals surface area contributed by atoms with Crippen LogP contribution in [0.25, 0.3) is 10.8 Å². The number of hydrogen-bond donors (Lipinski definition) is 3. The van der Waals surface area contributed by atoms with Crippen molar-refractivity contribution in [3.8, 4) is 0 Å². The monoisotopic (exact) mass is 303 g/mol. The van der Waals surface area contributed by atoms with Gasteiger partial charge in [-0.05, 0) is 18.4 Å². The SMILES string of the molecule is CC(C)CC(NC(=O)c1n[nH]c(=O)c2ccccc12)C(=O)O. The minimum atomic E-state index is -1.10. The summed E-state index contributed by atoms with van der Waals surface area (Å²) in [5.41, 5.74) is -0.394. The Morgan fingerprint density at radius 3 is 2.50 bits per heavy atom. The molecule has 1 aromatic carbocycles. The third kappa shape index (κ3) is 3.30. The third-order valence-electron chi connectivity index (χ3n) is 3.22. The number of amides is 1. The van der Waals surface area contributed by atoms with Crippen molar-refractivity contribution in [1.29, 1.82) is 0 Å². The van der Waals surface area contributed by atoms with E-state index in [0.717, 1.165) is 0 Å². The van der Waals surface area contributed by atoms with E-state index in [4.69, 9.17) is 0 Å². The predicted molar refractivity (Wildman–Crippen MR) is 80.7 cm³/mol. The molecule has 7 nitrogen and oxygen atoms in total. The van der Waals surface area contributed by atoms with Crippen LogP contribution in [0.2, 0.25) is 0 Å². The van der Waals surface area contributed by atoms with Crippen LogP contribution in [-0.2, 0) is 4.79 Å². The molecule has 7 heteroatoms. The van der Waals surface area contributed by atoms with Crippen LogP contribution in [0.15, 0.2) is 29.1 Å². The molecule has 22 heavy (non-hydrogen) atoms. The van der Waals surface area contributed by atoms with Crippen molar-refractivity contribution in [3.05, 3.63) is 40.3 Å². The lowest BCUT2D eigenvalue weighted by Gasteiger charge is -2.16. The number of fused-ring (bicyclic) bond motifs is 1. The first kappa shape index (κ1) is 15.7. The molecule has 0 saturated heterocycles. The van der Waals surface area contributed by atoms with Gasteiger partial charge in [-0.25, -0.2) is 9.89 Å². The number of carbonyl (C=O) groups excluding carboxylic acids is 1. The lowest BCUT2D eigenvalue weighted by atomic mass is 10.0. The molecule has 3 N–H and O–H groups in total. The van der Waals surface area contributed by atoms with Gasteiger partial charge in [-0.1, -0.05) is 32.0 Å². The second-order valence-corrected chi connectivity index (χ2v) is 5.44. The molecule has 1 amide bonds. The van der Waals surface area contributed by atoms with Crippen LogP contribution in [0.3, 0.4) is 0 Å². The molecule has 0 fully saturated rings. The zero-order valence-electron chi connectivity index (χ0n) is 12.3. The molecule has 0 radical (unpaired) electrons. The number of carboxylic acid groups (broad SMARTS) is 1. The summed E-state index contributed by atoms with van der Waals surface area (Å²) < 4.78 is 0.